The molecular weight excluding hydrogens is 416 g/mol. The van der Waals surface area contributed by atoms with Crippen LogP contribution in [0.1, 0.15) is 39.3 Å². The third kappa shape index (κ3) is 5.87. The van der Waals surface area contributed by atoms with E-state index in [1.807, 2.05) is 23.1 Å². The Balaban J connectivity index is 1.48. The van der Waals surface area contributed by atoms with E-state index in [2.05, 4.69) is 45.9 Å². The highest BCUT2D eigenvalue weighted by atomic mass is 16.2. The Bertz CT molecular complexity index is 1050. The van der Waals surface area contributed by atoms with Gasteiger partial charge < -0.3 is 20.1 Å². The van der Waals surface area contributed by atoms with E-state index in [-0.39, 0.29) is 17.5 Å². The van der Waals surface area contributed by atoms with Crippen LogP contribution in [0.5, 0.6) is 0 Å². The lowest BCUT2D eigenvalue weighted by atomic mass is 10.0. The zero-order chi connectivity index (χ0) is 23.4. The minimum absolute atomic E-state index is 0.0268. The molecule has 1 aliphatic carbocycles. The van der Waals surface area contributed by atoms with Crippen LogP contribution in [-0.4, -0.2) is 64.0 Å². The smallest absolute Gasteiger partial charge is 0.271 e. The molecule has 1 saturated heterocycles. The maximum absolute atomic E-state index is 12.8. The monoisotopic (exact) mass is 450 g/mol. The van der Waals surface area contributed by atoms with E-state index in [0.717, 1.165) is 29.9 Å². The first kappa shape index (κ1) is 23.2. The number of rotatable bonds is 10. The summed E-state index contributed by atoms with van der Waals surface area (Å²) in [6, 6.07) is 4.43. The second-order valence-electron chi connectivity index (χ2n) is 9.31. The number of H-pyrrole nitrogens is 1. The molecule has 1 aliphatic heterocycles. The average molecular weight is 451 g/mol. The number of likely N-dealkylation sites (tertiary alicyclic amines) is 1. The van der Waals surface area contributed by atoms with Crippen molar-refractivity contribution >= 4 is 11.6 Å². The molecule has 33 heavy (non-hydrogen) atoms. The van der Waals surface area contributed by atoms with Gasteiger partial charge in [0.1, 0.15) is 12.0 Å². The number of amides is 1. The second-order valence-corrected chi connectivity index (χ2v) is 9.31. The lowest BCUT2D eigenvalue weighted by Gasteiger charge is -2.46. The molecule has 1 saturated carbocycles. The third-order valence-electron chi connectivity index (χ3n) is 6.25. The number of anilines is 1. The summed E-state index contributed by atoms with van der Waals surface area (Å²) < 4.78 is 0. The van der Waals surface area contributed by atoms with Crippen molar-refractivity contribution in [3.63, 3.8) is 0 Å². The fraction of sp³-hybridized carbons (Fsp3) is 0.520. The van der Waals surface area contributed by atoms with Crippen molar-refractivity contribution in [3.05, 3.63) is 52.9 Å². The van der Waals surface area contributed by atoms with Crippen LogP contribution in [0.25, 0.3) is 11.3 Å². The Kier molecular flexibility index (Phi) is 7.23. The highest BCUT2D eigenvalue weighted by molar-refractivity contribution is 5.88. The number of pyridine rings is 1. The SMILES string of the molecule is CCc1cc(-c2c[nH]c(=O)c(N(CC3CC3)C3CN(C(=O)/C=C/CNC(C)C)C3)c2)ncn1. The molecular formula is C25H34N6O2. The van der Waals surface area contributed by atoms with Crippen LogP contribution in [-0.2, 0) is 11.2 Å². The van der Waals surface area contributed by atoms with Gasteiger partial charge in [-0.1, -0.05) is 26.8 Å². The van der Waals surface area contributed by atoms with E-state index in [1.165, 1.54) is 12.8 Å². The maximum atomic E-state index is 12.8. The molecule has 2 aliphatic rings. The largest absolute Gasteiger partial charge is 0.360 e. The van der Waals surface area contributed by atoms with Gasteiger partial charge in [-0.3, -0.25) is 9.59 Å². The molecule has 0 atom stereocenters. The van der Waals surface area contributed by atoms with Gasteiger partial charge in [-0.05, 0) is 37.3 Å². The van der Waals surface area contributed by atoms with Gasteiger partial charge in [0.25, 0.3) is 5.56 Å². The Morgan fingerprint density at radius 2 is 2.09 bits per heavy atom. The molecule has 2 aromatic rings. The van der Waals surface area contributed by atoms with E-state index < -0.39 is 0 Å². The summed E-state index contributed by atoms with van der Waals surface area (Å²) in [6.45, 7) is 9.00. The molecule has 4 rings (SSSR count). The average Bonchev–Trinajstić information content (AvgIpc) is 3.59. The van der Waals surface area contributed by atoms with Crippen LogP contribution in [0.2, 0.25) is 0 Å². The second kappa shape index (κ2) is 10.3. The minimum Gasteiger partial charge on any atom is -0.360 e. The van der Waals surface area contributed by atoms with Gasteiger partial charge >= 0.3 is 0 Å². The van der Waals surface area contributed by atoms with E-state index in [4.69, 9.17) is 0 Å². The zero-order valence-corrected chi connectivity index (χ0v) is 19.8. The first-order valence-electron chi connectivity index (χ1n) is 11.9. The highest BCUT2D eigenvalue weighted by Crippen LogP contribution is 2.33. The molecule has 176 valence electrons. The predicted molar refractivity (Wildman–Crippen MR) is 130 cm³/mol. The Hall–Kier alpha value is -3.00. The molecule has 0 spiro atoms. The van der Waals surface area contributed by atoms with Gasteiger partial charge in [0.05, 0.1) is 11.7 Å². The van der Waals surface area contributed by atoms with Crippen molar-refractivity contribution in [1.82, 2.24) is 25.2 Å². The first-order chi connectivity index (χ1) is 15.9. The summed E-state index contributed by atoms with van der Waals surface area (Å²) in [7, 11) is 0. The van der Waals surface area contributed by atoms with Crippen molar-refractivity contribution < 1.29 is 4.79 Å². The van der Waals surface area contributed by atoms with E-state index in [1.54, 1.807) is 18.6 Å². The number of nitrogens with one attached hydrogen (secondary N) is 2. The van der Waals surface area contributed by atoms with Crippen molar-refractivity contribution in [2.75, 3.05) is 31.1 Å². The summed E-state index contributed by atoms with van der Waals surface area (Å²) >= 11 is 0. The summed E-state index contributed by atoms with van der Waals surface area (Å²) in [6.07, 6.45) is 10.0. The van der Waals surface area contributed by atoms with E-state index in [0.29, 0.717) is 37.3 Å². The third-order valence-corrected chi connectivity index (χ3v) is 6.25. The normalized spacial score (nSPS) is 16.4. The van der Waals surface area contributed by atoms with Crippen molar-refractivity contribution in [3.8, 4) is 11.3 Å². The molecule has 2 fully saturated rings. The number of aryl methyl sites for hydroxylation is 1. The lowest BCUT2D eigenvalue weighted by molar-refractivity contribution is -0.130. The van der Waals surface area contributed by atoms with Crippen LogP contribution in [0.4, 0.5) is 5.69 Å². The van der Waals surface area contributed by atoms with Gasteiger partial charge in [0, 0.05) is 55.8 Å². The number of hydrogen-bond donors (Lipinski definition) is 2. The number of carbonyl (C=O) groups excluding carboxylic acids is 1. The Labute approximate surface area is 195 Å². The maximum Gasteiger partial charge on any atom is 0.271 e. The summed E-state index contributed by atoms with van der Waals surface area (Å²) in [5.41, 5.74) is 3.19. The van der Waals surface area contributed by atoms with Gasteiger partial charge in [0.15, 0.2) is 0 Å². The molecule has 8 heteroatoms. The predicted octanol–water partition coefficient (Wildman–Crippen LogP) is 2.38. The van der Waals surface area contributed by atoms with Crippen LogP contribution < -0.4 is 15.8 Å². The van der Waals surface area contributed by atoms with Gasteiger partial charge in [-0.25, -0.2) is 9.97 Å². The standard InChI is InChI=1S/C25H34N6O2/c1-4-20-11-22(29-16-28-20)19-10-23(25(33)27-12-19)31(13-18-7-8-18)21-14-30(15-21)24(32)6-5-9-26-17(2)3/h5-6,10-12,16-18,21,26H,4,7-9,13-15H2,1-3H3,(H,27,33)/b6-5+. The Morgan fingerprint density at radius 1 is 1.30 bits per heavy atom. The fourth-order valence-corrected chi connectivity index (χ4v) is 4.01. The zero-order valence-electron chi connectivity index (χ0n) is 19.8. The molecule has 2 N–H and O–H groups in total. The number of aromatic nitrogens is 3. The van der Waals surface area contributed by atoms with Crippen molar-refractivity contribution in [2.45, 2.75) is 52.1 Å². The molecule has 0 bridgehead atoms. The van der Waals surface area contributed by atoms with E-state index in [9.17, 15) is 9.59 Å². The van der Waals surface area contributed by atoms with E-state index >= 15 is 0 Å². The highest BCUT2D eigenvalue weighted by Gasteiger charge is 2.37. The van der Waals surface area contributed by atoms with Crippen LogP contribution in [0, 0.1) is 5.92 Å². The molecule has 3 heterocycles. The van der Waals surface area contributed by atoms with Crippen LogP contribution in [0.15, 0.2) is 41.6 Å². The van der Waals surface area contributed by atoms with Crippen molar-refractivity contribution in [1.29, 1.82) is 0 Å². The number of hydrogen-bond acceptors (Lipinski definition) is 6. The molecule has 1 amide bonds. The van der Waals surface area contributed by atoms with Crippen molar-refractivity contribution in [2.24, 2.45) is 5.92 Å². The quantitative estimate of drug-likeness (QED) is 0.540. The first-order valence-corrected chi connectivity index (χ1v) is 11.9. The topological polar surface area (TPSA) is 94.2 Å². The van der Waals surface area contributed by atoms with Gasteiger partial charge in [0.2, 0.25) is 5.91 Å². The fourth-order valence-electron chi connectivity index (χ4n) is 4.01. The van der Waals surface area contributed by atoms with Crippen LogP contribution >= 0.6 is 0 Å². The molecule has 2 aromatic heterocycles. The number of nitrogens with zero attached hydrogens (tertiary/aromatic N) is 4. The minimum atomic E-state index is -0.103. The number of aromatic amines is 1. The molecule has 0 radical (unpaired) electrons. The summed E-state index contributed by atoms with van der Waals surface area (Å²) in [5, 5.41) is 3.27. The van der Waals surface area contributed by atoms with Crippen LogP contribution in [0.3, 0.4) is 0 Å². The molecule has 0 unspecified atom stereocenters. The number of carbonyl (C=O) groups is 1. The lowest BCUT2D eigenvalue weighted by Crippen LogP contribution is -2.62. The summed E-state index contributed by atoms with van der Waals surface area (Å²) in [4.78, 5) is 40.9. The van der Waals surface area contributed by atoms with Gasteiger partial charge in [-0.15, -0.1) is 0 Å². The molecule has 0 aromatic carbocycles. The summed E-state index contributed by atoms with van der Waals surface area (Å²) in [5.74, 6) is 0.643. The molecule has 8 nitrogen and oxygen atoms in total. The Morgan fingerprint density at radius 3 is 2.79 bits per heavy atom. The van der Waals surface area contributed by atoms with Gasteiger partial charge in [-0.2, -0.15) is 0 Å².